The van der Waals surface area contributed by atoms with Gasteiger partial charge in [0.2, 0.25) is 0 Å². The van der Waals surface area contributed by atoms with E-state index in [0.29, 0.717) is 5.92 Å². The zero-order valence-electron chi connectivity index (χ0n) is 7.48. The summed E-state index contributed by atoms with van der Waals surface area (Å²) >= 11 is 0. The summed E-state index contributed by atoms with van der Waals surface area (Å²) in [7, 11) is 0. The maximum absolute atomic E-state index is 9.11. The fourth-order valence-electron chi connectivity index (χ4n) is 1.95. The van der Waals surface area contributed by atoms with Crippen molar-refractivity contribution in [2.75, 3.05) is 13.2 Å². The monoisotopic (exact) mass is 178 g/mol. The number of hydrogen-bond acceptors (Lipinski definition) is 3. The Bertz CT molecular complexity index is 263. The van der Waals surface area contributed by atoms with Crippen molar-refractivity contribution in [3.63, 3.8) is 0 Å². The van der Waals surface area contributed by atoms with Crippen molar-refractivity contribution in [1.82, 2.24) is 10.3 Å². The van der Waals surface area contributed by atoms with Crippen molar-refractivity contribution >= 4 is 0 Å². The van der Waals surface area contributed by atoms with E-state index in [4.69, 9.17) is 5.11 Å². The molecule has 0 aromatic carbocycles. The van der Waals surface area contributed by atoms with Crippen LogP contribution >= 0.6 is 0 Å². The maximum atomic E-state index is 9.11. The minimum Gasteiger partial charge on any atom is -0.395 e. The molecule has 1 aliphatic heterocycles. The first-order chi connectivity index (χ1) is 6.42. The highest BCUT2D eigenvalue weighted by atomic mass is 16.3. The summed E-state index contributed by atoms with van der Waals surface area (Å²) < 4.78 is 0. The molecule has 2 rings (SSSR count). The van der Waals surface area contributed by atoms with Gasteiger partial charge in [-0.05, 0) is 24.6 Å². The van der Waals surface area contributed by atoms with E-state index < -0.39 is 0 Å². The number of rotatable bonds is 2. The van der Waals surface area contributed by atoms with Crippen LogP contribution in [0.4, 0.5) is 0 Å². The van der Waals surface area contributed by atoms with Crippen LogP contribution in [0.2, 0.25) is 0 Å². The third-order valence-corrected chi connectivity index (χ3v) is 2.66. The van der Waals surface area contributed by atoms with Crippen LogP contribution in [-0.4, -0.2) is 29.3 Å². The molecule has 13 heavy (non-hydrogen) atoms. The number of nitrogens with one attached hydrogen (secondary N) is 1. The molecule has 2 unspecified atom stereocenters. The van der Waals surface area contributed by atoms with Crippen LogP contribution in [-0.2, 0) is 0 Å². The lowest BCUT2D eigenvalue weighted by atomic mass is 9.94. The number of aliphatic hydroxyl groups is 1. The van der Waals surface area contributed by atoms with E-state index in [9.17, 15) is 0 Å². The first kappa shape index (κ1) is 8.66. The van der Waals surface area contributed by atoms with E-state index >= 15 is 0 Å². The van der Waals surface area contributed by atoms with Crippen molar-refractivity contribution in [1.29, 1.82) is 0 Å². The fraction of sp³-hybridized carbons (Fsp3) is 0.500. The molecule has 1 saturated heterocycles. The summed E-state index contributed by atoms with van der Waals surface area (Å²) in [6, 6.07) is 4.24. The van der Waals surface area contributed by atoms with Gasteiger partial charge in [-0.3, -0.25) is 4.98 Å². The van der Waals surface area contributed by atoms with Gasteiger partial charge >= 0.3 is 0 Å². The van der Waals surface area contributed by atoms with Gasteiger partial charge < -0.3 is 10.4 Å². The maximum Gasteiger partial charge on any atom is 0.0590 e. The molecule has 0 aliphatic carbocycles. The second kappa shape index (κ2) is 3.85. The molecule has 1 aromatic heterocycles. The van der Waals surface area contributed by atoms with E-state index in [1.54, 1.807) is 6.20 Å². The predicted octanol–water partition coefficient (Wildman–Crippen LogP) is 0.519. The molecule has 2 N–H and O–H groups in total. The number of hydrogen-bond donors (Lipinski definition) is 2. The van der Waals surface area contributed by atoms with Crippen LogP contribution in [0.3, 0.4) is 0 Å². The molecule has 1 fully saturated rings. The number of aliphatic hydroxyl groups excluding tert-OH is 1. The topological polar surface area (TPSA) is 45.1 Å². The zero-order chi connectivity index (χ0) is 9.10. The lowest BCUT2D eigenvalue weighted by Gasteiger charge is -2.16. The summed E-state index contributed by atoms with van der Waals surface area (Å²) in [5.74, 6) is 0.429. The largest absolute Gasteiger partial charge is 0.395 e. The molecule has 0 radical (unpaired) electrons. The smallest absolute Gasteiger partial charge is 0.0590 e. The Labute approximate surface area is 77.8 Å². The highest BCUT2D eigenvalue weighted by Gasteiger charge is 2.27. The van der Waals surface area contributed by atoms with Crippen LogP contribution in [0.15, 0.2) is 24.5 Å². The first-order valence-electron chi connectivity index (χ1n) is 4.66. The Morgan fingerprint density at radius 1 is 1.62 bits per heavy atom. The predicted molar refractivity (Wildman–Crippen MR) is 50.5 cm³/mol. The molecule has 2 heterocycles. The van der Waals surface area contributed by atoms with Crippen molar-refractivity contribution in [3.05, 3.63) is 30.1 Å². The van der Waals surface area contributed by atoms with E-state index in [1.165, 1.54) is 5.56 Å². The molecule has 0 spiro atoms. The molecule has 1 aromatic rings. The average Bonchev–Trinajstić information content (AvgIpc) is 2.67. The fourth-order valence-corrected chi connectivity index (χ4v) is 1.95. The Balaban J connectivity index is 2.16. The Hall–Kier alpha value is -0.930. The number of aromatic nitrogens is 1. The van der Waals surface area contributed by atoms with Crippen molar-refractivity contribution in [2.24, 2.45) is 0 Å². The van der Waals surface area contributed by atoms with Crippen molar-refractivity contribution < 1.29 is 5.11 Å². The van der Waals surface area contributed by atoms with Gasteiger partial charge in [0, 0.05) is 24.4 Å². The quantitative estimate of drug-likeness (QED) is 0.694. The molecule has 3 nitrogen and oxygen atoms in total. The second-order valence-corrected chi connectivity index (χ2v) is 3.42. The van der Waals surface area contributed by atoms with E-state index in [1.807, 2.05) is 12.3 Å². The van der Waals surface area contributed by atoms with Gasteiger partial charge in [0.1, 0.15) is 0 Å². The first-order valence-corrected chi connectivity index (χ1v) is 4.66. The normalized spacial score (nSPS) is 27.8. The molecule has 2 atom stereocenters. The molecule has 0 amide bonds. The molecule has 1 aliphatic rings. The Morgan fingerprint density at radius 3 is 3.23 bits per heavy atom. The van der Waals surface area contributed by atoms with Crippen LogP contribution in [0, 0.1) is 0 Å². The van der Waals surface area contributed by atoms with E-state index in [0.717, 1.165) is 13.0 Å². The van der Waals surface area contributed by atoms with Gasteiger partial charge in [-0.2, -0.15) is 0 Å². The van der Waals surface area contributed by atoms with Gasteiger partial charge in [0.15, 0.2) is 0 Å². The van der Waals surface area contributed by atoms with Crippen molar-refractivity contribution in [3.8, 4) is 0 Å². The summed E-state index contributed by atoms with van der Waals surface area (Å²) in [5.41, 5.74) is 1.23. The van der Waals surface area contributed by atoms with Gasteiger partial charge in [0.25, 0.3) is 0 Å². The number of nitrogens with zero attached hydrogens (tertiary/aromatic N) is 1. The number of pyridine rings is 1. The summed E-state index contributed by atoms with van der Waals surface area (Å²) in [6.07, 6.45) is 4.76. The SMILES string of the molecule is OCC1NCCC1c1cccnc1. The summed E-state index contributed by atoms with van der Waals surface area (Å²) in [4.78, 5) is 4.09. The van der Waals surface area contributed by atoms with Crippen molar-refractivity contribution in [2.45, 2.75) is 18.4 Å². The molecular formula is C10H14N2O. The lowest BCUT2D eigenvalue weighted by molar-refractivity contribution is 0.245. The van der Waals surface area contributed by atoms with Gasteiger partial charge in [-0.25, -0.2) is 0 Å². The molecule has 70 valence electrons. The van der Waals surface area contributed by atoms with Gasteiger partial charge in [-0.15, -0.1) is 0 Å². The molecule has 3 heteroatoms. The minimum atomic E-state index is 0.208. The third kappa shape index (κ3) is 1.71. The second-order valence-electron chi connectivity index (χ2n) is 3.42. The van der Waals surface area contributed by atoms with E-state index in [2.05, 4.69) is 16.4 Å². The average molecular weight is 178 g/mol. The highest BCUT2D eigenvalue weighted by Crippen LogP contribution is 2.26. The molecule has 0 bridgehead atoms. The van der Waals surface area contributed by atoms with Crippen LogP contribution < -0.4 is 5.32 Å². The Morgan fingerprint density at radius 2 is 2.54 bits per heavy atom. The summed E-state index contributed by atoms with van der Waals surface area (Å²) in [5, 5.41) is 12.4. The van der Waals surface area contributed by atoms with Crippen LogP contribution in [0.5, 0.6) is 0 Å². The highest BCUT2D eigenvalue weighted by molar-refractivity contribution is 5.18. The third-order valence-electron chi connectivity index (χ3n) is 2.66. The molecular weight excluding hydrogens is 164 g/mol. The molecule has 0 saturated carbocycles. The minimum absolute atomic E-state index is 0.208. The van der Waals surface area contributed by atoms with E-state index in [-0.39, 0.29) is 12.6 Å². The lowest BCUT2D eigenvalue weighted by Crippen LogP contribution is -2.29. The summed E-state index contributed by atoms with van der Waals surface area (Å²) in [6.45, 7) is 1.20. The zero-order valence-corrected chi connectivity index (χ0v) is 7.48. The van der Waals surface area contributed by atoms with Crippen LogP contribution in [0.1, 0.15) is 17.9 Å². The van der Waals surface area contributed by atoms with Gasteiger partial charge in [0.05, 0.1) is 6.61 Å². The Kier molecular flexibility index (Phi) is 2.57. The van der Waals surface area contributed by atoms with Gasteiger partial charge in [-0.1, -0.05) is 6.07 Å². The van der Waals surface area contributed by atoms with Crippen LogP contribution in [0.25, 0.3) is 0 Å². The standard InChI is InChI=1S/C10H14N2O/c13-7-10-9(3-5-12-10)8-2-1-4-11-6-8/h1-2,4,6,9-10,12-13H,3,5,7H2.